The van der Waals surface area contributed by atoms with Crippen LogP contribution in [0, 0.1) is 6.92 Å². The fourth-order valence-corrected chi connectivity index (χ4v) is 4.46. The van der Waals surface area contributed by atoms with Crippen molar-refractivity contribution in [1.82, 2.24) is 10.2 Å². The minimum absolute atomic E-state index is 0.446. The maximum absolute atomic E-state index is 3.82. The maximum Gasteiger partial charge on any atom is 0.0331 e. The highest BCUT2D eigenvalue weighted by molar-refractivity contribution is 7.10. The average Bonchev–Trinajstić information content (AvgIpc) is 2.76. The van der Waals surface area contributed by atoms with Crippen LogP contribution in [0.25, 0.3) is 0 Å². The number of rotatable bonds is 2. The predicted molar refractivity (Wildman–Crippen MR) is 78.2 cm³/mol. The molecule has 0 aromatic carbocycles. The Balaban J connectivity index is 1.65. The van der Waals surface area contributed by atoms with Gasteiger partial charge in [0.1, 0.15) is 0 Å². The van der Waals surface area contributed by atoms with E-state index in [1.807, 2.05) is 11.3 Å². The first kappa shape index (κ1) is 12.6. The van der Waals surface area contributed by atoms with E-state index in [1.165, 1.54) is 57.3 Å². The van der Waals surface area contributed by atoms with Gasteiger partial charge in [0.25, 0.3) is 0 Å². The van der Waals surface area contributed by atoms with Crippen molar-refractivity contribution in [3.05, 3.63) is 21.9 Å². The predicted octanol–water partition coefficient (Wildman–Crippen LogP) is 3.16. The highest BCUT2D eigenvalue weighted by atomic mass is 32.1. The van der Waals surface area contributed by atoms with Crippen LogP contribution in [0.15, 0.2) is 11.4 Å². The first-order chi connectivity index (χ1) is 8.77. The van der Waals surface area contributed by atoms with Crippen LogP contribution in [0.2, 0.25) is 0 Å². The van der Waals surface area contributed by atoms with E-state index in [1.54, 1.807) is 4.88 Å². The van der Waals surface area contributed by atoms with Crippen molar-refractivity contribution in [3.8, 4) is 0 Å². The third kappa shape index (κ3) is 2.63. The third-order valence-corrected chi connectivity index (χ3v) is 5.61. The molecule has 1 N–H and O–H groups in total. The first-order valence-electron chi connectivity index (χ1n) is 7.28. The number of hydrogen-bond acceptors (Lipinski definition) is 3. The Morgan fingerprint density at radius 1 is 1.33 bits per heavy atom. The quantitative estimate of drug-likeness (QED) is 0.882. The highest BCUT2D eigenvalue weighted by Gasteiger charge is 2.36. The molecule has 1 aromatic rings. The summed E-state index contributed by atoms with van der Waals surface area (Å²) in [4.78, 5) is 4.23. The zero-order chi connectivity index (χ0) is 12.4. The van der Waals surface area contributed by atoms with Crippen LogP contribution in [0.5, 0.6) is 0 Å². The Labute approximate surface area is 114 Å². The second-order valence-electron chi connectivity index (χ2n) is 6.01. The lowest BCUT2D eigenvalue weighted by molar-refractivity contribution is 0.0951. The largest absolute Gasteiger partial charge is 0.309 e. The lowest BCUT2D eigenvalue weighted by atomic mass is 9.80. The van der Waals surface area contributed by atoms with Gasteiger partial charge < -0.3 is 5.32 Å². The molecule has 2 aliphatic rings. The van der Waals surface area contributed by atoms with Crippen molar-refractivity contribution in [2.75, 3.05) is 19.6 Å². The van der Waals surface area contributed by atoms with Crippen LogP contribution in [0.1, 0.15) is 42.5 Å². The Morgan fingerprint density at radius 3 is 2.89 bits per heavy atom. The molecule has 0 unspecified atom stereocenters. The van der Waals surface area contributed by atoms with Crippen LogP contribution in [0.3, 0.4) is 0 Å². The fourth-order valence-electron chi connectivity index (χ4n) is 3.51. The summed E-state index contributed by atoms with van der Waals surface area (Å²) in [6.45, 7) is 7.03. The van der Waals surface area contributed by atoms with Gasteiger partial charge in [0.2, 0.25) is 0 Å². The molecule has 100 valence electrons. The Kier molecular flexibility index (Phi) is 3.73. The number of hydrogen-bond donors (Lipinski definition) is 1. The van der Waals surface area contributed by atoms with Crippen molar-refractivity contribution in [1.29, 1.82) is 0 Å². The lowest BCUT2D eigenvalue weighted by Gasteiger charge is -2.46. The highest BCUT2D eigenvalue weighted by Crippen LogP contribution is 2.31. The number of aryl methyl sites for hydroxylation is 1. The van der Waals surface area contributed by atoms with Crippen molar-refractivity contribution in [2.45, 2.75) is 51.1 Å². The van der Waals surface area contributed by atoms with Crippen LogP contribution in [-0.4, -0.2) is 30.1 Å². The Hall–Kier alpha value is -0.380. The topological polar surface area (TPSA) is 15.3 Å². The summed E-state index contributed by atoms with van der Waals surface area (Å²) in [5.41, 5.74) is 1.91. The molecule has 0 amide bonds. The molecule has 0 radical (unpaired) electrons. The van der Waals surface area contributed by atoms with Crippen LogP contribution in [-0.2, 0) is 6.54 Å². The van der Waals surface area contributed by atoms with Crippen molar-refractivity contribution < 1.29 is 0 Å². The summed E-state index contributed by atoms with van der Waals surface area (Å²) in [7, 11) is 0. The summed E-state index contributed by atoms with van der Waals surface area (Å²) in [6, 6.07) is 2.25. The minimum atomic E-state index is 0.446. The number of nitrogens with zero attached hydrogens (tertiary/aromatic N) is 1. The molecule has 1 aliphatic carbocycles. The van der Waals surface area contributed by atoms with Gasteiger partial charge in [0, 0.05) is 36.6 Å². The molecule has 3 heteroatoms. The summed E-state index contributed by atoms with van der Waals surface area (Å²) in [5.74, 6) is 0. The standard InChI is InChI=1S/C15H24N2S/c1-13-5-10-18-14(13)11-17-9-8-16-15(12-17)6-3-2-4-7-15/h5,10,16H,2-4,6-9,11-12H2,1H3. The van der Waals surface area contributed by atoms with E-state index in [2.05, 4.69) is 28.6 Å². The van der Waals surface area contributed by atoms with E-state index in [4.69, 9.17) is 0 Å². The second kappa shape index (κ2) is 5.32. The summed E-state index contributed by atoms with van der Waals surface area (Å²) < 4.78 is 0. The van der Waals surface area contributed by atoms with Crippen LogP contribution >= 0.6 is 11.3 Å². The molecule has 1 saturated heterocycles. The van der Waals surface area contributed by atoms with Crippen LogP contribution in [0.4, 0.5) is 0 Å². The van der Waals surface area contributed by atoms with Crippen molar-refractivity contribution in [3.63, 3.8) is 0 Å². The molecule has 18 heavy (non-hydrogen) atoms. The van der Waals surface area contributed by atoms with Gasteiger partial charge in [0.15, 0.2) is 0 Å². The van der Waals surface area contributed by atoms with E-state index < -0.39 is 0 Å². The zero-order valence-electron chi connectivity index (χ0n) is 11.4. The van der Waals surface area contributed by atoms with Gasteiger partial charge in [-0.05, 0) is 36.8 Å². The van der Waals surface area contributed by atoms with Gasteiger partial charge in [-0.15, -0.1) is 11.3 Å². The summed E-state index contributed by atoms with van der Waals surface area (Å²) in [6.07, 6.45) is 7.03. The van der Waals surface area contributed by atoms with Crippen molar-refractivity contribution in [2.24, 2.45) is 0 Å². The molecule has 1 spiro atoms. The Morgan fingerprint density at radius 2 is 2.17 bits per heavy atom. The fraction of sp³-hybridized carbons (Fsp3) is 0.733. The first-order valence-corrected chi connectivity index (χ1v) is 8.16. The molecule has 3 rings (SSSR count). The monoisotopic (exact) mass is 264 g/mol. The van der Waals surface area contributed by atoms with E-state index in [0.717, 1.165) is 6.54 Å². The summed E-state index contributed by atoms with van der Waals surface area (Å²) in [5, 5.41) is 6.05. The van der Waals surface area contributed by atoms with Gasteiger partial charge in [-0.25, -0.2) is 0 Å². The molecular weight excluding hydrogens is 240 g/mol. The molecule has 1 aliphatic heterocycles. The lowest BCUT2D eigenvalue weighted by Crippen LogP contribution is -2.60. The van der Waals surface area contributed by atoms with Gasteiger partial charge in [0.05, 0.1) is 0 Å². The Bertz CT molecular complexity index is 387. The molecule has 2 heterocycles. The number of piperazine rings is 1. The SMILES string of the molecule is Cc1ccsc1CN1CCNC2(CCCCC2)C1. The van der Waals surface area contributed by atoms with Gasteiger partial charge in [-0.1, -0.05) is 19.3 Å². The summed E-state index contributed by atoms with van der Waals surface area (Å²) >= 11 is 1.92. The molecule has 0 bridgehead atoms. The van der Waals surface area contributed by atoms with E-state index >= 15 is 0 Å². The maximum atomic E-state index is 3.82. The van der Waals surface area contributed by atoms with Crippen molar-refractivity contribution >= 4 is 11.3 Å². The van der Waals surface area contributed by atoms with Gasteiger partial charge in [-0.2, -0.15) is 0 Å². The molecule has 0 atom stereocenters. The second-order valence-corrected chi connectivity index (χ2v) is 7.01. The van der Waals surface area contributed by atoms with Gasteiger partial charge >= 0.3 is 0 Å². The minimum Gasteiger partial charge on any atom is -0.309 e. The molecule has 2 fully saturated rings. The third-order valence-electron chi connectivity index (χ3n) is 4.60. The van der Waals surface area contributed by atoms with E-state index in [-0.39, 0.29) is 0 Å². The molecule has 1 aromatic heterocycles. The molecule has 1 saturated carbocycles. The van der Waals surface area contributed by atoms with E-state index in [0.29, 0.717) is 5.54 Å². The average molecular weight is 264 g/mol. The smallest absolute Gasteiger partial charge is 0.0331 e. The molecular formula is C15H24N2S. The zero-order valence-corrected chi connectivity index (χ0v) is 12.2. The number of nitrogens with one attached hydrogen (secondary N) is 1. The van der Waals surface area contributed by atoms with E-state index in [9.17, 15) is 0 Å². The molecule has 2 nitrogen and oxygen atoms in total. The number of thiophene rings is 1. The van der Waals surface area contributed by atoms with Crippen LogP contribution < -0.4 is 5.32 Å². The van der Waals surface area contributed by atoms with Gasteiger partial charge in [-0.3, -0.25) is 4.90 Å². The normalized spacial score (nSPS) is 24.5.